The van der Waals surface area contributed by atoms with Crippen LogP contribution in [0.4, 0.5) is 13.2 Å². The van der Waals surface area contributed by atoms with Gasteiger partial charge in [0, 0.05) is 0 Å². The van der Waals surface area contributed by atoms with Gasteiger partial charge in [-0.25, -0.2) is 0 Å². The summed E-state index contributed by atoms with van der Waals surface area (Å²) in [5.74, 6) is -0.121. The molecule has 0 saturated heterocycles. The Hall–Kier alpha value is -1.51. The molecule has 0 aromatic carbocycles. The van der Waals surface area contributed by atoms with Crippen LogP contribution in [-0.2, 0) is 6.18 Å². The van der Waals surface area contributed by atoms with Crippen molar-refractivity contribution in [3.63, 3.8) is 0 Å². The van der Waals surface area contributed by atoms with Crippen molar-refractivity contribution >= 4 is 0 Å². The van der Waals surface area contributed by atoms with E-state index >= 15 is 0 Å². The van der Waals surface area contributed by atoms with Gasteiger partial charge in [-0.3, -0.25) is 0 Å². The van der Waals surface area contributed by atoms with Gasteiger partial charge >= 0.3 is 12.1 Å². The van der Waals surface area contributed by atoms with Gasteiger partial charge in [-0.05, 0) is 5.92 Å². The highest BCUT2D eigenvalue weighted by molar-refractivity contribution is 5.10. The molecule has 0 atom stereocenters. The zero-order chi connectivity index (χ0) is 8.48. The van der Waals surface area contributed by atoms with E-state index < -0.39 is 18.0 Å². The van der Waals surface area contributed by atoms with Crippen molar-refractivity contribution in [2.75, 3.05) is 0 Å². The minimum Gasteiger partial charge on any atom is -0.406 e. The van der Waals surface area contributed by atoms with Gasteiger partial charge in [-0.15, -0.1) is 11.5 Å². The number of aromatic nitrogens is 2. The average Bonchev–Trinajstić information content (AvgIpc) is 2.32. The highest BCUT2D eigenvalue weighted by Crippen LogP contribution is 2.27. The van der Waals surface area contributed by atoms with Crippen molar-refractivity contribution in [1.82, 2.24) is 10.2 Å². The molecule has 1 heterocycles. The van der Waals surface area contributed by atoms with E-state index in [9.17, 15) is 13.2 Å². The highest BCUT2D eigenvalue weighted by Gasteiger charge is 2.37. The van der Waals surface area contributed by atoms with Gasteiger partial charge in [0.1, 0.15) is 0 Å². The monoisotopic (exact) mass is 162 g/mol. The van der Waals surface area contributed by atoms with Gasteiger partial charge in [0.2, 0.25) is 0 Å². The summed E-state index contributed by atoms with van der Waals surface area (Å²) in [6, 6.07) is 0. The zero-order valence-corrected chi connectivity index (χ0v) is 5.01. The summed E-state index contributed by atoms with van der Waals surface area (Å²) in [5.41, 5.74) is 0. The molecule has 0 aliphatic rings. The molecule has 0 unspecified atom stereocenters. The summed E-state index contributed by atoms with van der Waals surface area (Å²) in [6.07, 6.45) is 0.0699. The minimum absolute atomic E-state index is 0.475. The normalized spacial score (nSPS) is 11.1. The minimum atomic E-state index is -4.62. The van der Waals surface area contributed by atoms with Crippen LogP contribution in [0.1, 0.15) is 11.8 Å². The summed E-state index contributed by atoms with van der Waals surface area (Å²) in [7, 11) is 0. The van der Waals surface area contributed by atoms with Crippen LogP contribution >= 0.6 is 0 Å². The van der Waals surface area contributed by atoms with Crippen molar-refractivity contribution < 1.29 is 17.6 Å². The lowest BCUT2D eigenvalue weighted by Crippen LogP contribution is -2.04. The number of terminal acetylenes is 1. The Morgan fingerprint density at radius 1 is 1.36 bits per heavy atom. The summed E-state index contributed by atoms with van der Waals surface area (Å²) in [6.45, 7) is 0. The molecule has 1 aromatic rings. The molecule has 3 nitrogen and oxygen atoms in total. The molecule has 0 radical (unpaired) electrons. The van der Waals surface area contributed by atoms with Crippen LogP contribution in [0.15, 0.2) is 4.42 Å². The van der Waals surface area contributed by atoms with Crippen molar-refractivity contribution in [3.8, 4) is 12.3 Å². The van der Waals surface area contributed by atoms with Crippen LogP contribution < -0.4 is 0 Å². The van der Waals surface area contributed by atoms with Crippen LogP contribution in [0.2, 0.25) is 0 Å². The molecule has 6 heteroatoms. The second kappa shape index (κ2) is 2.27. The first-order chi connectivity index (χ1) is 5.04. The number of hydrogen-bond donors (Lipinski definition) is 0. The Labute approximate surface area is 59.2 Å². The molecule has 58 valence electrons. The van der Waals surface area contributed by atoms with Crippen molar-refractivity contribution in [2.24, 2.45) is 0 Å². The molecule has 1 rings (SSSR count). The van der Waals surface area contributed by atoms with Crippen molar-refractivity contribution in [1.29, 1.82) is 0 Å². The molecule has 0 aliphatic carbocycles. The lowest BCUT2D eigenvalue weighted by Gasteiger charge is -1.95. The fourth-order valence-corrected chi connectivity index (χ4v) is 0.396. The molecule has 0 saturated carbocycles. The fourth-order valence-electron chi connectivity index (χ4n) is 0.396. The van der Waals surface area contributed by atoms with Gasteiger partial charge in [0.15, 0.2) is 0 Å². The predicted molar refractivity (Wildman–Crippen MR) is 27.2 cm³/mol. The molecule has 0 N–H and O–H groups in total. The van der Waals surface area contributed by atoms with E-state index in [1.165, 1.54) is 0 Å². The van der Waals surface area contributed by atoms with Crippen LogP contribution in [0.3, 0.4) is 0 Å². The van der Waals surface area contributed by atoms with E-state index in [1.807, 2.05) is 0 Å². The first-order valence-electron chi connectivity index (χ1n) is 2.41. The fraction of sp³-hybridized carbons (Fsp3) is 0.200. The molecule has 0 fully saturated rings. The zero-order valence-electron chi connectivity index (χ0n) is 5.01. The van der Waals surface area contributed by atoms with E-state index in [0.717, 1.165) is 0 Å². The highest BCUT2D eigenvalue weighted by atomic mass is 19.4. The molecule has 0 amide bonds. The van der Waals surface area contributed by atoms with E-state index in [0.29, 0.717) is 0 Å². The van der Waals surface area contributed by atoms with Crippen LogP contribution in [-0.4, -0.2) is 10.2 Å². The smallest absolute Gasteiger partial charge is 0.406 e. The Morgan fingerprint density at radius 2 is 2.00 bits per heavy atom. The maximum Gasteiger partial charge on any atom is 0.470 e. The Balaban J connectivity index is 3.01. The lowest BCUT2D eigenvalue weighted by atomic mass is 10.6. The number of rotatable bonds is 0. The van der Waals surface area contributed by atoms with Gasteiger partial charge < -0.3 is 4.42 Å². The third-order valence-corrected chi connectivity index (χ3v) is 0.791. The summed E-state index contributed by atoms with van der Waals surface area (Å²) < 4.78 is 39.0. The molecule has 0 aliphatic heterocycles. The molecule has 1 aromatic heterocycles. The maximum absolute atomic E-state index is 11.7. The van der Waals surface area contributed by atoms with Crippen LogP contribution in [0, 0.1) is 12.3 Å². The first-order valence-corrected chi connectivity index (χ1v) is 2.41. The summed E-state index contributed by atoms with van der Waals surface area (Å²) in [4.78, 5) is 0. The Bertz CT molecular complexity index is 295. The van der Waals surface area contributed by atoms with E-state index in [-0.39, 0.29) is 0 Å². The number of alkyl halides is 3. The standard InChI is InChI=1S/C5HF3N2O/c1-2-3-9-10-4(11-3)5(6,7)8/h1H. The van der Waals surface area contributed by atoms with Crippen LogP contribution in [0.25, 0.3) is 0 Å². The third kappa shape index (κ3) is 1.49. The molecule has 0 spiro atoms. The first kappa shape index (κ1) is 7.60. The van der Waals surface area contributed by atoms with Crippen LogP contribution in [0.5, 0.6) is 0 Å². The van der Waals surface area contributed by atoms with E-state index in [2.05, 4.69) is 14.6 Å². The van der Waals surface area contributed by atoms with E-state index in [1.54, 1.807) is 5.92 Å². The molecular weight excluding hydrogens is 161 g/mol. The van der Waals surface area contributed by atoms with Gasteiger partial charge in [-0.1, -0.05) is 5.10 Å². The third-order valence-electron chi connectivity index (χ3n) is 0.791. The quantitative estimate of drug-likeness (QED) is 0.535. The maximum atomic E-state index is 11.7. The number of halogens is 3. The van der Waals surface area contributed by atoms with Gasteiger partial charge in [0.25, 0.3) is 5.89 Å². The second-order valence-corrected chi connectivity index (χ2v) is 1.55. The SMILES string of the molecule is C#Cc1nnc(C(F)(F)F)o1. The van der Waals surface area contributed by atoms with Gasteiger partial charge in [0.05, 0.1) is 0 Å². The lowest BCUT2D eigenvalue weighted by molar-refractivity contribution is -0.157. The number of nitrogens with zero attached hydrogens (tertiary/aromatic N) is 2. The summed E-state index contributed by atoms with van der Waals surface area (Å²) in [5, 5.41) is 5.60. The van der Waals surface area contributed by atoms with Gasteiger partial charge in [-0.2, -0.15) is 13.2 Å². The molecular formula is C5HF3N2O. The Kier molecular flexibility index (Phi) is 1.57. The molecule has 11 heavy (non-hydrogen) atoms. The molecule has 0 bridgehead atoms. The van der Waals surface area contributed by atoms with E-state index in [4.69, 9.17) is 6.42 Å². The average molecular weight is 162 g/mol. The number of hydrogen-bond acceptors (Lipinski definition) is 3. The topological polar surface area (TPSA) is 38.9 Å². The predicted octanol–water partition coefficient (Wildman–Crippen LogP) is 1.07. The second-order valence-electron chi connectivity index (χ2n) is 1.55. The Morgan fingerprint density at radius 3 is 2.27 bits per heavy atom. The summed E-state index contributed by atoms with van der Waals surface area (Å²) >= 11 is 0. The largest absolute Gasteiger partial charge is 0.470 e. The van der Waals surface area contributed by atoms with Crippen molar-refractivity contribution in [3.05, 3.63) is 11.8 Å². The van der Waals surface area contributed by atoms with Crippen molar-refractivity contribution in [2.45, 2.75) is 6.18 Å².